The van der Waals surface area contributed by atoms with Gasteiger partial charge >= 0.3 is 0 Å². The third-order valence-corrected chi connectivity index (χ3v) is 3.56. The fourth-order valence-corrected chi connectivity index (χ4v) is 2.47. The number of anilines is 1. The Labute approximate surface area is 110 Å². The molecule has 0 saturated carbocycles. The fraction of sp³-hybridized carbons (Fsp3) is 0.385. The van der Waals surface area contributed by atoms with Gasteiger partial charge in [-0.25, -0.2) is 9.49 Å². The zero-order valence-electron chi connectivity index (χ0n) is 10.6. The number of halogens is 1. The Morgan fingerprint density at radius 3 is 2.84 bits per heavy atom. The average Bonchev–Trinajstić information content (AvgIpc) is 2.93. The molecule has 0 amide bonds. The van der Waals surface area contributed by atoms with E-state index >= 15 is 0 Å². The summed E-state index contributed by atoms with van der Waals surface area (Å²) in [7, 11) is 0. The van der Waals surface area contributed by atoms with E-state index in [0.29, 0.717) is 25.7 Å². The summed E-state index contributed by atoms with van der Waals surface area (Å²) in [6.45, 7) is 3.93. The standard InChI is InChI=1S/C13H15FN4O/c1-13(10-2-4-11(14)5-3-10)8-19-7-6-18(13)12-15-9-16-17-12/h2-5,9H,6-8H2,1H3,(H,15,16,17)/t13-/m1/s1. The van der Waals surface area contributed by atoms with E-state index in [1.54, 1.807) is 12.1 Å². The van der Waals surface area contributed by atoms with Gasteiger partial charge in [-0.05, 0) is 24.6 Å². The Bertz CT molecular complexity index is 542. The molecule has 1 aliphatic rings. The summed E-state index contributed by atoms with van der Waals surface area (Å²) >= 11 is 0. The molecule has 6 heteroatoms. The van der Waals surface area contributed by atoms with Gasteiger partial charge in [0, 0.05) is 6.54 Å². The van der Waals surface area contributed by atoms with Crippen molar-refractivity contribution in [2.24, 2.45) is 0 Å². The lowest BCUT2D eigenvalue weighted by molar-refractivity contribution is 0.0548. The Kier molecular flexibility index (Phi) is 2.94. The minimum Gasteiger partial charge on any atom is -0.377 e. The molecule has 1 saturated heterocycles. The first-order chi connectivity index (χ1) is 9.20. The Morgan fingerprint density at radius 2 is 2.16 bits per heavy atom. The van der Waals surface area contributed by atoms with Gasteiger partial charge in [-0.15, -0.1) is 0 Å². The van der Waals surface area contributed by atoms with Crippen molar-refractivity contribution in [2.75, 3.05) is 24.7 Å². The molecule has 0 radical (unpaired) electrons. The predicted octanol–water partition coefficient (Wildman–Crippen LogP) is 1.70. The minimum atomic E-state index is -0.383. The second kappa shape index (κ2) is 4.62. The number of benzene rings is 1. The number of nitrogens with one attached hydrogen (secondary N) is 1. The first-order valence-electron chi connectivity index (χ1n) is 6.17. The summed E-state index contributed by atoms with van der Waals surface area (Å²) in [6, 6.07) is 6.50. The van der Waals surface area contributed by atoms with Gasteiger partial charge in [-0.2, -0.15) is 10.1 Å². The maximum absolute atomic E-state index is 13.1. The first-order valence-corrected chi connectivity index (χ1v) is 6.17. The molecule has 0 spiro atoms. The van der Waals surface area contributed by atoms with E-state index in [9.17, 15) is 4.39 Å². The zero-order valence-corrected chi connectivity index (χ0v) is 10.6. The quantitative estimate of drug-likeness (QED) is 0.895. The van der Waals surface area contributed by atoms with Crippen LogP contribution in [0.2, 0.25) is 0 Å². The highest BCUT2D eigenvalue weighted by molar-refractivity contribution is 5.41. The van der Waals surface area contributed by atoms with Gasteiger partial charge in [-0.1, -0.05) is 12.1 Å². The molecule has 5 nitrogen and oxygen atoms in total. The van der Waals surface area contributed by atoms with Gasteiger partial charge in [0.2, 0.25) is 5.95 Å². The summed E-state index contributed by atoms with van der Waals surface area (Å²) in [5.74, 6) is 0.463. The molecule has 1 aromatic heterocycles. The highest BCUT2D eigenvalue weighted by atomic mass is 19.1. The van der Waals surface area contributed by atoms with Crippen molar-refractivity contribution in [3.63, 3.8) is 0 Å². The van der Waals surface area contributed by atoms with Crippen LogP contribution in [0.4, 0.5) is 10.3 Å². The minimum absolute atomic E-state index is 0.240. The Hall–Kier alpha value is -1.95. The second-order valence-corrected chi connectivity index (χ2v) is 4.79. The monoisotopic (exact) mass is 262 g/mol. The molecule has 19 heavy (non-hydrogen) atoms. The molecule has 1 aliphatic heterocycles. The smallest absolute Gasteiger partial charge is 0.221 e. The third kappa shape index (κ3) is 2.08. The number of ether oxygens (including phenoxy) is 1. The van der Waals surface area contributed by atoms with Gasteiger partial charge < -0.3 is 9.64 Å². The number of aromatic amines is 1. The van der Waals surface area contributed by atoms with E-state index in [1.165, 1.54) is 18.5 Å². The van der Waals surface area contributed by atoms with Crippen molar-refractivity contribution in [3.8, 4) is 0 Å². The summed E-state index contributed by atoms with van der Waals surface area (Å²) in [4.78, 5) is 6.32. The van der Waals surface area contributed by atoms with E-state index in [2.05, 4.69) is 27.0 Å². The van der Waals surface area contributed by atoms with Crippen LogP contribution in [-0.4, -0.2) is 34.9 Å². The summed E-state index contributed by atoms with van der Waals surface area (Å²) in [5.41, 5.74) is 0.607. The van der Waals surface area contributed by atoms with Crippen LogP contribution >= 0.6 is 0 Å². The fourth-order valence-electron chi connectivity index (χ4n) is 2.47. The van der Waals surface area contributed by atoms with Gasteiger partial charge in [0.05, 0.1) is 18.8 Å². The molecule has 1 aromatic carbocycles. The Morgan fingerprint density at radius 1 is 1.37 bits per heavy atom. The van der Waals surface area contributed by atoms with Crippen molar-refractivity contribution >= 4 is 5.95 Å². The molecule has 0 aliphatic carbocycles. The third-order valence-electron chi connectivity index (χ3n) is 3.56. The SMILES string of the molecule is C[C@]1(c2ccc(F)cc2)COCCN1c1ncn[nH]1. The molecular formula is C13H15FN4O. The maximum atomic E-state index is 13.1. The highest BCUT2D eigenvalue weighted by Gasteiger charge is 2.38. The van der Waals surface area contributed by atoms with Crippen LogP contribution in [0.15, 0.2) is 30.6 Å². The molecule has 3 rings (SSSR count). The van der Waals surface area contributed by atoms with Crippen LogP contribution in [0, 0.1) is 5.82 Å². The van der Waals surface area contributed by atoms with E-state index in [-0.39, 0.29) is 11.4 Å². The van der Waals surface area contributed by atoms with E-state index in [1.807, 2.05) is 0 Å². The number of hydrogen-bond donors (Lipinski definition) is 1. The van der Waals surface area contributed by atoms with Crippen LogP contribution in [0.1, 0.15) is 12.5 Å². The van der Waals surface area contributed by atoms with Crippen LogP contribution in [-0.2, 0) is 10.3 Å². The highest BCUT2D eigenvalue weighted by Crippen LogP contribution is 2.33. The summed E-state index contributed by atoms with van der Waals surface area (Å²) in [6.07, 6.45) is 1.48. The largest absolute Gasteiger partial charge is 0.377 e. The number of rotatable bonds is 2. The summed E-state index contributed by atoms with van der Waals surface area (Å²) in [5, 5.41) is 6.77. The second-order valence-electron chi connectivity index (χ2n) is 4.79. The van der Waals surface area contributed by atoms with Crippen LogP contribution in [0.3, 0.4) is 0 Å². The Balaban J connectivity index is 2.00. The molecule has 2 heterocycles. The van der Waals surface area contributed by atoms with Crippen molar-refractivity contribution < 1.29 is 9.13 Å². The van der Waals surface area contributed by atoms with E-state index in [0.717, 1.165) is 5.56 Å². The van der Waals surface area contributed by atoms with Crippen LogP contribution < -0.4 is 4.90 Å². The molecule has 2 aromatic rings. The molecular weight excluding hydrogens is 247 g/mol. The van der Waals surface area contributed by atoms with Crippen molar-refractivity contribution in [2.45, 2.75) is 12.5 Å². The lowest BCUT2D eigenvalue weighted by atomic mass is 9.90. The van der Waals surface area contributed by atoms with E-state index < -0.39 is 0 Å². The van der Waals surface area contributed by atoms with E-state index in [4.69, 9.17) is 4.74 Å². The lowest BCUT2D eigenvalue weighted by Crippen LogP contribution is -2.53. The van der Waals surface area contributed by atoms with Gasteiger partial charge in [0.15, 0.2) is 0 Å². The van der Waals surface area contributed by atoms with Gasteiger partial charge in [0.1, 0.15) is 12.1 Å². The zero-order chi connectivity index (χ0) is 13.3. The molecule has 100 valence electrons. The number of H-pyrrole nitrogens is 1. The first kappa shape index (κ1) is 12.1. The van der Waals surface area contributed by atoms with Crippen molar-refractivity contribution in [1.82, 2.24) is 15.2 Å². The molecule has 1 fully saturated rings. The number of aromatic nitrogens is 3. The maximum Gasteiger partial charge on any atom is 0.221 e. The average molecular weight is 262 g/mol. The van der Waals surface area contributed by atoms with Gasteiger partial charge in [0.25, 0.3) is 0 Å². The topological polar surface area (TPSA) is 54.0 Å². The van der Waals surface area contributed by atoms with Crippen molar-refractivity contribution in [1.29, 1.82) is 0 Å². The molecule has 0 bridgehead atoms. The van der Waals surface area contributed by atoms with Gasteiger partial charge in [-0.3, -0.25) is 0 Å². The molecule has 1 N–H and O–H groups in total. The lowest BCUT2D eigenvalue weighted by Gasteiger charge is -2.44. The van der Waals surface area contributed by atoms with Crippen LogP contribution in [0.5, 0.6) is 0 Å². The predicted molar refractivity (Wildman–Crippen MR) is 68.3 cm³/mol. The van der Waals surface area contributed by atoms with Crippen molar-refractivity contribution in [3.05, 3.63) is 42.0 Å². The number of nitrogens with zero attached hydrogens (tertiary/aromatic N) is 3. The summed E-state index contributed by atoms with van der Waals surface area (Å²) < 4.78 is 18.7. The van der Waals surface area contributed by atoms with Crippen LogP contribution in [0.25, 0.3) is 0 Å². The molecule has 1 atom stereocenters. The molecule has 0 unspecified atom stereocenters. The number of hydrogen-bond acceptors (Lipinski definition) is 4. The number of morpholine rings is 1. The normalized spacial score (nSPS) is 23.6.